The van der Waals surface area contributed by atoms with Crippen LogP contribution in [0.3, 0.4) is 0 Å². The van der Waals surface area contributed by atoms with Gasteiger partial charge in [-0.2, -0.15) is 16.8 Å². The van der Waals surface area contributed by atoms with Gasteiger partial charge >= 0.3 is 0 Å². The first-order valence-corrected chi connectivity index (χ1v) is 5.78. The topological polar surface area (TPSA) is 96.0 Å². The Hall–Kier alpha value is -0.220. The second-order valence-electron chi connectivity index (χ2n) is 1.61. The van der Waals surface area contributed by atoms with Crippen LogP contribution >= 0.6 is 0 Å². The van der Waals surface area contributed by atoms with E-state index in [2.05, 4.69) is 13.7 Å². The van der Waals surface area contributed by atoms with E-state index in [9.17, 15) is 16.8 Å². The van der Waals surface area contributed by atoms with E-state index in [1.54, 1.807) is 0 Å². The highest BCUT2D eigenvalue weighted by Crippen LogP contribution is 1.93. The molecule has 0 N–H and O–H groups in total. The minimum Gasteiger partial charge on any atom is -0.197 e. The number of hydrogen-bond acceptors (Lipinski definition) is 7. The third kappa shape index (κ3) is 9.78. The van der Waals surface area contributed by atoms with Crippen LogP contribution in [0.25, 0.3) is 0 Å². The summed E-state index contributed by atoms with van der Waals surface area (Å²) in [6.45, 7) is 0. The highest BCUT2D eigenvalue weighted by Gasteiger charge is 2.08. The maximum absolute atomic E-state index is 10.1. The predicted octanol–water partition coefficient (Wildman–Crippen LogP) is -1.21. The average molecular weight is 206 g/mol. The van der Waals surface area contributed by atoms with E-state index in [0.717, 1.165) is 0 Å². The van der Waals surface area contributed by atoms with Crippen molar-refractivity contribution >= 4 is 20.2 Å². The summed E-state index contributed by atoms with van der Waals surface area (Å²) in [5, 5.41) is 3.39. The quantitative estimate of drug-likeness (QED) is 0.420. The van der Waals surface area contributed by atoms with Crippen LogP contribution in [-0.4, -0.2) is 29.3 Å². The molecule has 0 atom stereocenters. The maximum atomic E-state index is 10.1. The Morgan fingerprint density at radius 3 is 1.27 bits per heavy atom. The van der Waals surface area contributed by atoms with Crippen molar-refractivity contribution in [2.24, 2.45) is 0 Å². The van der Waals surface area contributed by atoms with Gasteiger partial charge in [0.2, 0.25) is 0 Å². The highest BCUT2D eigenvalue weighted by molar-refractivity contribution is 7.86. The summed E-state index contributed by atoms with van der Waals surface area (Å²) < 4.78 is 47.3. The van der Waals surface area contributed by atoms with Gasteiger partial charge in [0.25, 0.3) is 20.2 Å². The van der Waals surface area contributed by atoms with Crippen LogP contribution in [0.5, 0.6) is 0 Å². The fourth-order valence-electron chi connectivity index (χ4n) is 0.112. The van der Waals surface area contributed by atoms with Gasteiger partial charge in [-0.05, 0) is 5.04 Å². The third-order valence-electron chi connectivity index (χ3n) is 0.303. The van der Waals surface area contributed by atoms with Crippen LogP contribution in [0, 0.1) is 0 Å². The lowest BCUT2D eigenvalue weighted by atomic mass is 12.0. The molecule has 0 radical (unpaired) electrons. The third-order valence-corrected chi connectivity index (χ3v) is 0.908. The normalized spacial score (nSPS) is 13.3. The summed E-state index contributed by atoms with van der Waals surface area (Å²) >= 11 is 0. The lowest BCUT2D eigenvalue weighted by Gasteiger charge is -1.96. The van der Waals surface area contributed by atoms with E-state index in [4.69, 9.17) is 0 Å². The number of hydrogen-bond donors (Lipinski definition) is 0. The van der Waals surface area contributed by atoms with Crippen molar-refractivity contribution in [2.75, 3.05) is 12.5 Å². The molecule has 0 bridgehead atoms. The van der Waals surface area contributed by atoms with E-state index in [1.165, 1.54) is 0 Å². The molecule has 0 unspecified atom stereocenters. The molecule has 0 fully saturated rings. The SMILES string of the molecule is CS(=O)(=O)OOOS(C)(=O)=O. The minimum absolute atomic E-state index is 0.665. The van der Waals surface area contributed by atoms with Crippen molar-refractivity contribution in [3.05, 3.63) is 0 Å². The molecule has 7 nitrogen and oxygen atoms in total. The fourth-order valence-corrected chi connectivity index (χ4v) is 0.405. The van der Waals surface area contributed by atoms with E-state index in [0.29, 0.717) is 12.5 Å². The minimum atomic E-state index is -3.86. The molecule has 0 aliphatic heterocycles. The van der Waals surface area contributed by atoms with E-state index < -0.39 is 20.2 Å². The van der Waals surface area contributed by atoms with Gasteiger partial charge in [0.1, 0.15) is 0 Å². The van der Waals surface area contributed by atoms with Crippen molar-refractivity contribution < 1.29 is 30.5 Å². The van der Waals surface area contributed by atoms with Crippen LogP contribution < -0.4 is 0 Å². The van der Waals surface area contributed by atoms with E-state index >= 15 is 0 Å². The molecule has 0 aromatic carbocycles. The molecule has 11 heavy (non-hydrogen) atoms. The molecule has 0 aromatic rings. The molecule has 0 spiro atoms. The smallest absolute Gasteiger partial charge is 0.197 e. The van der Waals surface area contributed by atoms with Crippen LogP contribution in [0.1, 0.15) is 0 Å². The average Bonchev–Trinajstić information content (AvgIpc) is 1.55. The molecule has 68 valence electrons. The first-order chi connectivity index (χ1) is 4.71. The molecular weight excluding hydrogens is 200 g/mol. The zero-order valence-corrected chi connectivity index (χ0v) is 7.31. The van der Waals surface area contributed by atoms with E-state index in [-0.39, 0.29) is 0 Å². The van der Waals surface area contributed by atoms with E-state index in [1.807, 2.05) is 0 Å². The maximum Gasteiger partial charge on any atom is 0.293 e. The number of rotatable bonds is 4. The molecule has 0 aromatic heterocycles. The Balaban J connectivity index is 3.79. The Labute approximate surface area is 64.0 Å². The summed E-state index contributed by atoms with van der Waals surface area (Å²) in [6.07, 6.45) is 1.33. The largest absolute Gasteiger partial charge is 0.293 e. The molecule has 0 saturated carbocycles. The molecule has 0 rings (SSSR count). The van der Waals surface area contributed by atoms with Crippen molar-refractivity contribution in [2.45, 2.75) is 0 Å². The first-order valence-electron chi connectivity index (χ1n) is 2.15. The zero-order valence-electron chi connectivity index (χ0n) is 5.67. The summed E-state index contributed by atoms with van der Waals surface area (Å²) in [5.74, 6) is 0. The van der Waals surface area contributed by atoms with Gasteiger partial charge in [-0.15, -0.1) is 0 Å². The van der Waals surface area contributed by atoms with Gasteiger partial charge in [-0.25, -0.2) is 0 Å². The summed E-state index contributed by atoms with van der Waals surface area (Å²) in [4.78, 5) is 0. The Bertz CT molecular complexity index is 263. The molecule has 0 heterocycles. The van der Waals surface area contributed by atoms with Gasteiger partial charge in [0.15, 0.2) is 0 Å². The van der Waals surface area contributed by atoms with Gasteiger partial charge in [0.05, 0.1) is 12.5 Å². The Morgan fingerprint density at radius 2 is 1.09 bits per heavy atom. The first kappa shape index (κ1) is 10.8. The second-order valence-corrected chi connectivity index (χ2v) is 4.70. The van der Waals surface area contributed by atoms with Gasteiger partial charge in [-0.1, -0.05) is 8.67 Å². The predicted molar refractivity (Wildman–Crippen MR) is 32.9 cm³/mol. The highest BCUT2D eigenvalue weighted by atomic mass is 32.2. The lowest BCUT2D eigenvalue weighted by molar-refractivity contribution is -0.406. The van der Waals surface area contributed by atoms with Crippen LogP contribution in [0.4, 0.5) is 0 Å². The van der Waals surface area contributed by atoms with Gasteiger partial charge in [0, 0.05) is 0 Å². The Morgan fingerprint density at radius 1 is 0.818 bits per heavy atom. The molecule has 0 aliphatic carbocycles. The molecular formula is C2H6O7S2. The van der Waals surface area contributed by atoms with Crippen molar-refractivity contribution in [3.8, 4) is 0 Å². The molecule has 0 amide bonds. The van der Waals surface area contributed by atoms with Crippen molar-refractivity contribution in [1.82, 2.24) is 0 Å². The molecule has 0 aliphatic rings. The zero-order chi connectivity index (χ0) is 9.12. The summed E-state index contributed by atoms with van der Waals surface area (Å²) in [7, 11) is -7.72. The summed E-state index contributed by atoms with van der Waals surface area (Å²) in [5.41, 5.74) is 0. The van der Waals surface area contributed by atoms with Crippen molar-refractivity contribution in [1.29, 1.82) is 0 Å². The van der Waals surface area contributed by atoms with Crippen LogP contribution in [-0.2, 0) is 33.9 Å². The molecule has 9 heteroatoms. The standard InChI is InChI=1S/C2H6O7S2/c1-10(3,4)8-7-9-11(2,5)6/h1-2H3. The van der Waals surface area contributed by atoms with Crippen LogP contribution in [0.15, 0.2) is 0 Å². The Kier molecular flexibility index (Phi) is 3.38. The van der Waals surface area contributed by atoms with Crippen molar-refractivity contribution in [3.63, 3.8) is 0 Å². The summed E-state index contributed by atoms with van der Waals surface area (Å²) in [6, 6.07) is 0. The lowest BCUT2D eigenvalue weighted by Crippen LogP contribution is -2.08. The fraction of sp³-hybridized carbons (Fsp3) is 1.00. The monoisotopic (exact) mass is 206 g/mol. The van der Waals surface area contributed by atoms with Crippen LogP contribution in [0.2, 0.25) is 0 Å². The van der Waals surface area contributed by atoms with Gasteiger partial charge in [-0.3, -0.25) is 0 Å². The van der Waals surface area contributed by atoms with Gasteiger partial charge < -0.3 is 0 Å². The molecule has 0 saturated heterocycles. The second kappa shape index (κ2) is 3.45.